The number of nitrogens with zero attached hydrogens (tertiary/aromatic N) is 3. The number of methoxy groups -OCH3 is 1. The van der Waals surface area contributed by atoms with Crippen LogP contribution in [0.2, 0.25) is 0 Å². The standard InChI is InChI=1S/C15H24N4O6S.C10H13N3O2/c1-24-8-9-25-7-6-18-5-4-12(11-18)17-14-3-2-13(26(16,22)23)10-15(14)19(20)21;14-13(15)10-4-2-1-3-9(10)12-8-5-6-11-7-8/h2-3,10,12,17H,4-9,11H2,1H3,(H2,16,22,23);1-4,8,11-12H,5-7H2/t12-;8-/m11/s1. The molecule has 0 radical (unpaired) electrons. The highest BCUT2D eigenvalue weighted by Crippen LogP contribution is 2.29. The van der Waals surface area contributed by atoms with Gasteiger partial charge in [0.15, 0.2) is 0 Å². The second-order valence-corrected chi connectivity index (χ2v) is 11.2. The van der Waals surface area contributed by atoms with Crippen molar-refractivity contribution in [2.24, 2.45) is 5.14 Å². The third kappa shape index (κ3) is 10.2. The Morgan fingerprint density at radius 2 is 1.71 bits per heavy atom. The summed E-state index contributed by atoms with van der Waals surface area (Å²) in [5.41, 5.74) is 0.726. The summed E-state index contributed by atoms with van der Waals surface area (Å²) in [7, 11) is -2.37. The third-order valence-corrected chi connectivity index (χ3v) is 7.54. The number of benzene rings is 2. The van der Waals surface area contributed by atoms with Crippen molar-refractivity contribution in [3.63, 3.8) is 0 Å². The number of rotatable bonds is 13. The Hall–Kier alpha value is -3.41. The van der Waals surface area contributed by atoms with Gasteiger partial charge in [0.2, 0.25) is 10.0 Å². The molecule has 0 aliphatic carbocycles. The molecular weight excluding hydrogens is 558 g/mol. The minimum absolute atomic E-state index is 0.0352. The van der Waals surface area contributed by atoms with Crippen LogP contribution >= 0.6 is 0 Å². The van der Waals surface area contributed by atoms with Gasteiger partial charge in [-0.3, -0.25) is 25.1 Å². The summed E-state index contributed by atoms with van der Waals surface area (Å²) in [5.74, 6) is 0. The predicted molar refractivity (Wildman–Crippen MR) is 154 cm³/mol. The lowest BCUT2D eigenvalue weighted by Gasteiger charge is -2.17. The Labute approximate surface area is 238 Å². The van der Waals surface area contributed by atoms with Crippen LogP contribution < -0.4 is 21.1 Å². The van der Waals surface area contributed by atoms with Crippen LogP contribution in [0.5, 0.6) is 0 Å². The van der Waals surface area contributed by atoms with Gasteiger partial charge in [-0.15, -0.1) is 0 Å². The van der Waals surface area contributed by atoms with E-state index in [0.29, 0.717) is 31.5 Å². The Morgan fingerprint density at radius 3 is 2.37 bits per heavy atom. The first-order valence-corrected chi connectivity index (χ1v) is 14.7. The second-order valence-electron chi connectivity index (χ2n) is 9.63. The number of nitrogens with one attached hydrogen (secondary N) is 3. The van der Waals surface area contributed by atoms with E-state index in [1.807, 2.05) is 0 Å². The molecule has 226 valence electrons. The van der Waals surface area contributed by atoms with Gasteiger partial charge in [-0.25, -0.2) is 13.6 Å². The third-order valence-electron chi connectivity index (χ3n) is 6.63. The van der Waals surface area contributed by atoms with E-state index in [2.05, 4.69) is 20.9 Å². The van der Waals surface area contributed by atoms with E-state index in [0.717, 1.165) is 51.6 Å². The van der Waals surface area contributed by atoms with Gasteiger partial charge < -0.3 is 25.4 Å². The molecule has 5 N–H and O–H groups in total. The average molecular weight is 596 g/mol. The van der Waals surface area contributed by atoms with Crippen molar-refractivity contribution in [1.29, 1.82) is 0 Å². The van der Waals surface area contributed by atoms with E-state index in [4.69, 9.17) is 14.6 Å². The van der Waals surface area contributed by atoms with E-state index < -0.39 is 14.9 Å². The highest BCUT2D eigenvalue weighted by Gasteiger charge is 2.26. The van der Waals surface area contributed by atoms with Crippen LogP contribution in [0.3, 0.4) is 0 Å². The zero-order chi connectivity index (χ0) is 29.8. The lowest BCUT2D eigenvalue weighted by atomic mass is 10.2. The quantitative estimate of drug-likeness (QED) is 0.149. The Morgan fingerprint density at radius 1 is 1.00 bits per heavy atom. The molecule has 2 saturated heterocycles. The highest BCUT2D eigenvalue weighted by molar-refractivity contribution is 7.89. The number of ether oxygens (including phenoxy) is 2. The lowest BCUT2D eigenvalue weighted by molar-refractivity contribution is -0.384. The first kappa shape index (κ1) is 32.1. The number of likely N-dealkylation sites (tertiary alicyclic amines) is 1. The molecule has 2 heterocycles. The summed E-state index contributed by atoms with van der Waals surface area (Å²) in [6.45, 7) is 5.89. The van der Waals surface area contributed by atoms with Gasteiger partial charge in [0.05, 0.1) is 34.6 Å². The summed E-state index contributed by atoms with van der Waals surface area (Å²) in [4.78, 5) is 23.0. The van der Waals surface area contributed by atoms with Crippen LogP contribution in [0.4, 0.5) is 22.7 Å². The van der Waals surface area contributed by atoms with Crippen molar-refractivity contribution in [3.05, 3.63) is 62.7 Å². The van der Waals surface area contributed by atoms with Gasteiger partial charge >= 0.3 is 0 Å². The smallest absolute Gasteiger partial charge is 0.293 e. The summed E-state index contributed by atoms with van der Waals surface area (Å²) in [6.07, 6.45) is 1.83. The topological polar surface area (TPSA) is 204 Å². The van der Waals surface area contributed by atoms with Crippen LogP contribution in [-0.4, -0.2) is 94.9 Å². The zero-order valence-corrected chi connectivity index (χ0v) is 23.7. The van der Waals surface area contributed by atoms with Crippen LogP contribution in [0.25, 0.3) is 0 Å². The molecule has 0 bridgehead atoms. The fourth-order valence-electron chi connectivity index (χ4n) is 4.53. The molecule has 4 rings (SSSR count). The van der Waals surface area contributed by atoms with Gasteiger partial charge in [-0.1, -0.05) is 12.1 Å². The number of nitro groups is 2. The number of para-hydroxylation sites is 2. The number of hydrogen-bond donors (Lipinski definition) is 4. The van der Waals surface area contributed by atoms with Crippen molar-refractivity contribution in [2.45, 2.75) is 29.8 Å². The number of nitro benzene ring substituents is 2. The van der Waals surface area contributed by atoms with E-state index in [9.17, 15) is 28.6 Å². The van der Waals surface area contributed by atoms with Gasteiger partial charge in [0, 0.05) is 57.5 Å². The SMILES string of the molecule is COCCOCCN1CC[C@@H](Nc2ccc(S(N)(=O)=O)cc2[N+](=O)[O-])C1.O=[N+]([O-])c1ccccc1N[C@@H]1CCNC1. The molecule has 2 aromatic rings. The number of nitrogens with two attached hydrogens (primary N) is 1. The monoisotopic (exact) mass is 595 g/mol. The number of hydrogen-bond acceptors (Lipinski definition) is 12. The molecule has 0 aromatic heterocycles. The Kier molecular flexibility index (Phi) is 12.2. The summed E-state index contributed by atoms with van der Waals surface area (Å²) in [5, 5.41) is 36.6. The normalized spacial score (nSPS) is 18.9. The summed E-state index contributed by atoms with van der Waals surface area (Å²) in [6, 6.07) is 10.7. The maximum Gasteiger partial charge on any atom is 0.293 e. The van der Waals surface area contributed by atoms with Gasteiger partial charge in [0.25, 0.3) is 11.4 Å². The molecule has 2 aliphatic heterocycles. The number of primary sulfonamides is 1. The predicted octanol–water partition coefficient (Wildman–Crippen LogP) is 1.76. The fraction of sp³-hybridized carbons (Fsp3) is 0.520. The van der Waals surface area contributed by atoms with E-state index in [1.165, 1.54) is 18.2 Å². The van der Waals surface area contributed by atoms with Crippen molar-refractivity contribution in [3.8, 4) is 0 Å². The van der Waals surface area contributed by atoms with E-state index in [-0.39, 0.29) is 32.9 Å². The Bertz CT molecular complexity index is 1270. The fourth-order valence-corrected chi connectivity index (χ4v) is 5.06. The zero-order valence-electron chi connectivity index (χ0n) is 22.9. The van der Waals surface area contributed by atoms with Gasteiger partial charge in [-0.2, -0.15) is 0 Å². The summed E-state index contributed by atoms with van der Waals surface area (Å²) < 4.78 is 33.1. The molecular formula is C25H37N7O8S. The molecule has 2 fully saturated rings. The van der Waals surface area contributed by atoms with Crippen LogP contribution in [-0.2, 0) is 19.5 Å². The number of sulfonamides is 1. The molecule has 0 unspecified atom stereocenters. The molecule has 0 saturated carbocycles. The highest BCUT2D eigenvalue weighted by atomic mass is 32.2. The number of anilines is 2. The van der Waals surface area contributed by atoms with Gasteiger partial charge in [-0.05, 0) is 37.6 Å². The molecule has 2 atom stereocenters. The van der Waals surface area contributed by atoms with Crippen LogP contribution in [0.1, 0.15) is 12.8 Å². The minimum Gasteiger partial charge on any atom is -0.382 e. The molecule has 41 heavy (non-hydrogen) atoms. The molecule has 0 amide bonds. The molecule has 16 heteroatoms. The van der Waals surface area contributed by atoms with E-state index >= 15 is 0 Å². The van der Waals surface area contributed by atoms with Gasteiger partial charge in [0.1, 0.15) is 11.4 Å². The molecule has 2 aliphatic rings. The van der Waals surface area contributed by atoms with E-state index in [1.54, 1.807) is 25.3 Å². The Balaban J connectivity index is 0.000000260. The molecule has 2 aromatic carbocycles. The summed E-state index contributed by atoms with van der Waals surface area (Å²) >= 11 is 0. The van der Waals surface area contributed by atoms with Crippen LogP contribution in [0.15, 0.2) is 47.4 Å². The lowest BCUT2D eigenvalue weighted by Crippen LogP contribution is -2.29. The van der Waals surface area contributed by atoms with Crippen molar-refractivity contribution in [1.82, 2.24) is 10.2 Å². The minimum atomic E-state index is -3.99. The first-order chi connectivity index (χ1) is 19.6. The van der Waals surface area contributed by atoms with Crippen molar-refractivity contribution >= 4 is 32.8 Å². The first-order valence-electron chi connectivity index (χ1n) is 13.2. The van der Waals surface area contributed by atoms with Crippen molar-refractivity contribution in [2.75, 3.05) is 70.3 Å². The molecule has 0 spiro atoms. The maximum atomic E-state index is 11.4. The maximum absolute atomic E-state index is 11.4. The molecule has 15 nitrogen and oxygen atoms in total. The van der Waals surface area contributed by atoms with Crippen LogP contribution in [0, 0.1) is 20.2 Å². The largest absolute Gasteiger partial charge is 0.382 e. The van der Waals surface area contributed by atoms with Crippen molar-refractivity contribution < 1.29 is 27.7 Å². The average Bonchev–Trinajstić information content (AvgIpc) is 3.61. The second kappa shape index (κ2) is 15.6.